The van der Waals surface area contributed by atoms with Crippen molar-refractivity contribution in [2.24, 2.45) is 0 Å². The van der Waals surface area contributed by atoms with Crippen molar-refractivity contribution in [1.82, 2.24) is 29.6 Å². The van der Waals surface area contributed by atoms with Gasteiger partial charge in [0.05, 0.1) is 6.04 Å². The van der Waals surface area contributed by atoms with Crippen LogP contribution >= 0.6 is 0 Å². The highest BCUT2D eigenvalue weighted by molar-refractivity contribution is 5.77. The van der Waals surface area contributed by atoms with Gasteiger partial charge in [0, 0.05) is 30.4 Å². The van der Waals surface area contributed by atoms with Crippen LogP contribution in [0.3, 0.4) is 0 Å². The van der Waals surface area contributed by atoms with Crippen LogP contribution in [-0.4, -0.2) is 30.9 Å². The standard InChI is InChI=1S/C27H27F2N7O/c1-26(2,29)22-20(28)7-8-21(33-22)36-23-18(24(37)35(36)17-4-5-17)13-31-25(34-23)32-16-3-6-19-15(11-16)12-30-14-27(19)9-10-27/h3,6-8,11,13,17,30H,4-5,9-10,12,14H2,1-2H3,(H,31,32,34). The smallest absolute Gasteiger partial charge is 0.278 e. The number of fused-ring (bicyclic) bond motifs is 3. The van der Waals surface area contributed by atoms with Crippen molar-refractivity contribution >= 4 is 22.7 Å². The fourth-order valence-corrected chi connectivity index (χ4v) is 5.49. The predicted octanol–water partition coefficient (Wildman–Crippen LogP) is 4.53. The summed E-state index contributed by atoms with van der Waals surface area (Å²) in [6.07, 6.45) is 5.61. The highest BCUT2D eigenvalue weighted by Gasteiger charge is 2.46. The first kappa shape index (κ1) is 22.5. The molecule has 4 aromatic rings. The van der Waals surface area contributed by atoms with Gasteiger partial charge in [-0.2, -0.15) is 4.98 Å². The molecule has 2 fully saturated rings. The minimum atomic E-state index is -1.99. The third-order valence-electron chi connectivity index (χ3n) is 7.69. The van der Waals surface area contributed by atoms with Crippen molar-refractivity contribution in [3.63, 3.8) is 0 Å². The van der Waals surface area contributed by atoms with E-state index in [-0.39, 0.29) is 23.1 Å². The summed E-state index contributed by atoms with van der Waals surface area (Å²) in [5.41, 5.74) is 1.62. The third-order valence-corrected chi connectivity index (χ3v) is 7.69. The van der Waals surface area contributed by atoms with E-state index in [9.17, 15) is 13.6 Å². The summed E-state index contributed by atoms with van der Waals surface area (Å²) in [5.74, 6) is -0.174. The van der Waals surface area contributed by atoms with Crippen LogP contribution in [-0.2, 0) is 17.6 Å². The maximum Gasteiger partial charge on any atom is 0.278 e. The van der Waals surface area contributed by atoms with Crippen molar-refractivity contribution in [2.45, 2.75) is 63.2 Å². The number of pyridine rings is 1. The predicted molar refractivity (Wildman–Crippen MR) is 136 cm³/mol. The van der Waals surface area contributed by atoms with Crippen LogP contribution in [0.2, 0.25) is 0 Å². The molecule has 3 aliphatic rings. The monoisotopic (exact) mass is 503 g/mol. The number of hydrogen-bond donors (Lipinski definition) is 2. The Morgan fingerprint density at radius 3 is 2.70 bits per heavy atom. The lowest BCUT2D eigenvalue weighted by Crippen LogP contribution is -2.33. The molecule has 3 aromatic heterocycles. The van der Waals surface area contributed by atoms with E-state index in [1.54, 1.807) is 9.36 Å². The number of nitrogens with zero attached hydrogens (tertiary/aromatic N) is 5. The molecule has 1 aromatic carbocycles. The summed E-state index contributed by atoms with van der Waals surface area (Å²) in [6, 6.07) is 8.95. The number of rotatable bonds is 5. The van der Waals surface area contributed by atoms with Crippen molar-refractivity contribution in [3.05, 3.63) is 69.5 Å². The van der Waals surface area contributed by atoms with Crippen molar-refractivity contribution < 1.29 is 8.78 Å². The first-order valence-electron chi connectivity index (χ1n) is 12.7. The van der Waals surface area contributed by atoms with Crippen LogP contribution < -0.4 is 16.2 Å². The van der Waals surface area contributed by atoms with Gasteiger partial charge in [-0.25, -0.2) is 28.1 Å². The van der Waals surface area contributed by atoms with Gasteiger partial charge in [-0.05, 0) is 74.9 Å². The Morgan fingerprint density at radius 1 is 1.16 bits per heavy atom. The molecule has 10 heteroatoms. The van der Waals surface area contributed by atoms with Crippen LogP contribution in [0.25, 0.3) is 16.9 Å². The first-order chi connectivity index (χ1) is 17.7. The number of alkyl halides is 1. The SMILES string of the molecule is CC(C)(F)c1nc(-n2c3nc(Nc4ccc5c(c4)CNCC54CC4)ncc3c(=O)n2C2CC2)ccc1F. The van der Waals surface area contributed by atoms with Crippen molar-refractivity contribution in [3.8, 4) is 5.82 Å². The van der Waals surface area contributed by atoms with E-state index in [1.165, 1.54) is 56.1 Å². The zero-order valence-corrected chi connectivity index (χ0v) is 20.7. The van der Waals surface area contributed by atoms with Crippen molar-refractivity contribution in [2.75, 3.05) is 11.9 Å². The largest absolute Gasteiger partial charge is 0.324 e. The number of halogens is 2. The maximum absolute atomic E-state index is 14.7. The molecule has 0 bridgehead atoms. The van der Waals surface area contributed by atoms with Gasteiger partial charge in [0.1, 0.15) is 22.6 Å². The lowest BCUT2D eigenvalue weighted by molar-refractivity contribution is 0.205. The number of hydrogen-bond acceptors (Lipinski definition) is 6. The lowest BCUT2D eigenvalue weighted by Gasteiger charge is -2.26. The second kappa shape index (κ2) is 7.67. The third kappa shape index (κ3) is 3.65. The molecule has 0 saturated heterocycles. The Bertz CT molecular complexity index is 1630. The van der Waals surface area contributed by atoms with E-state index in [2.05, 4.69) is 37.7 Å². The molecule has 0 unspecified atom stereocenters. The van der Waals surface area contributed by atoms with E-state index in [0.29, 0.717) is 22.4 Å². The molecule has 190 valence electrons. The second-order valence-corrected chi connectivity index (χ2v) is 11.0. The molecular weight excluding hydrogens is 476 g/mol. The molecule has 1 aliphatic heterocycles. The van der Waals surface area contributed by atoms with Gasteiger partial charge in [-0.1, -0.05) is 6.07 Å². The lowest BCUT2D eigenvalue weighted by atomic mass is 9.88. The van der Waals surface area contributed by atoms with E-state index in [1.807, 2.05) is 6.07 Å². The van der Waals surface area contributed by atoms with Crippen molar-refractivity contribution in [1.29, 1.82) is 0 Å². The van der Waals surface area contributed by atoms with Crippen LogP contribution in [0.15, 0.2) is 41.3 Å². The molecule has 2 aliphatic carbocycles. The van der Waals surface area contributed by atoms with Gasteiger partial charge >= 0.3 is 0 Å². The summed E-state index contributed by atoms with van der Waals surface area (Å²) in [5, 5.41) is 7.12. The van der Waals surface area contributed by atoms with E-state index < -0.39 is 11.5 Å². The van der Waals surface area contributed by atoms with Gasteiger partial charge in [-0.15, -0.1) is 0 Å². The molecule has 37 heavy (non-hydrogen) atoms. The summed E-state index contributed by atoms with van der Waals surface area (Å²) in [6.45, 7) is 4.36. The Hall–Kier alpha value is -3.66. The molecular formula is C27H27F2N7O. The second-order valence-electron chi connectivity index (χ2n) is 11.0. The highest BCUT2D eigenvalue weighted by Crippen LogP contribution is 2.50. The van der Waals surface area contributed by atoms with E-state index >= 15 is 0 Å². The Morgan fingerprint density at radius 2 is 1.97 bits per heavy atom. The molecule has 0 amide bonds. The first-order valence-corrected chi connectivity index (χ1v) is 12.7. The quantitative estimate of drug-likeness (QED) is 0.416. The summed E-state index contributed by atoms with van der Waals surface area (Å²) >= 11 is 0. The van der Waals surface area contributed by atoms with Gasteiger partial charge in [0.25, 0.3) is 5.56 Å². The Balaban J connectivity index is 1.33. The molecule has 8 nitrogen and oxygen atoms in total. The molecule has 2 saturated carbocycles. The maximum atomic E-state index is 14.7. The van der Waals surface area contributed by atoms with Gasteiger partial charge in [-0.3, -0.25) is 4.79 Å². The minimum Gasteiger partial charge on any atom is -0.324 e. The highest BCUT2D eigenvalue weighted by atomic mass is 19.1. The van der Waals surface area contributed by atoms with Crippen LogP contribution in [0.4, 0.5) is 20.4 Å². The normalized spacial score (nSPS) is 18.3. The van der Waals surface area contributed by atoms with Gasteiger partial charge in [0.2, 0.25) is 5.95 Å². The number of benzene rings is 1. The van der Waals surface area contributed by atoms with Crippen LogP contribution in [0.5, 0.6) is 0 Å². The minimum absolute atomic E-state index is 0.0188. The van der Waals surface area contributed by atoms with Gasteiger partial charge < -0.3 is 10.6 Å². The average molecular weight is 504 g/mol. The molecule has 7 rings (SSSR count). The topological polar surface area (TPSA) is 89.7 Å². The molecule has 4 heterocycles. The summed E-state index contributed by atoms with van der Waals surface area (Å²) in [4.78, 5) is 26.7. The average Bonchev–Trinajstić information content (AvgIpc) is 3.79. The Kier molecular flexibility index (Phi) is 4.67. The molecule has 0 atom stereocenters. The van der Waals surface area contributed by atoms with E-state index in [0.717, 1.165) is 31.6 Å². The van der Waals surface area contributed by atoms with Gasteiger partial charge in [0.15, 0.2) is 11.5 Å². The zero-order valence-electron chi connectivity index (χ0n) is 20.7. The summed E-state index contributed by atoms with van der Waals surface area (Å²) in [7, 11) is 0. The fourth-order valence-electron chi connectivity index (χ4n) is 5.49. The summed E-state index contributed by atoms with van der Waals surface area (Å²) < 4.78 is 32.3. The van der Waals surface area contributed by atoms with Crippen LogP contribution in [0.1, 0.15) is 62.4 Å². The number of anilines is 2. The number of aromatic nitrogens is 5. The number of nitrogens with one attached hydrogen (secondary N) is 2. The fraction of sp³-hybridized carbons (Fsp3) is 0.407. The molecule has 1 spiro atoms. The zero-order chi connectivity index (χ0) is 25.5. The van der Waals surface area contributed by atoms with E-state index in [4.69, 9.17) is 0 Å². The molecule has 2 N–H and O–H groups in total. The Labute approximate surface area is 211 Å². The van der Waals surface area contributed by atoms with Crippen LogP contribution in [0, 0.1) is 5.82 Å². The molecule has 0 radical (unpaired) electrons.